The van der Waals surface area contributed by atoms with Crippen molar-refractivity contribution >= 4 is 23.4 Å². The molecule has 0 aliphatic heterocycles. The van der Waals surface area contributed by atoms with Crippen LogP contribution in [0.15, 0.2) is 40.4 Å². The Balaban J connectivity index is 2.21. The third-order valence-electron chi connectivity index (χ3n) is 2.66. The summed E-state index contributed by atoms with van der Waals surface area (Å²) in [5, 5.41) is 1.20. The molecular formula is C14H15ClN2S. The fourth-order valence-electron chi connectivity index (χ4n) is 1.54. The van der Waals surface area contributed by atoms with Gasteiger partial charge in [-0.3, -0.25) is 0 Å². The van der Waals surface area contributed by atoms with Gasteiger partial charge >= 0.3 is 0 Å². The highest BCUT2D eigenvalue weighted by Crippen LogP contribution is 2.29. The van der Waals surface area contributed by atoms with Gasteiger partial charge in [-0.2, -0.15) is 0 Å². The van der Waals surface area contributed by atoms with Crippen LogP contribution in [0.3, 0.4) is 0 Å². The van der Waals surface area contributed by atoms with Crippen molar-refractivity contribution in [2.24, 2.45) is 0 Å². The zero-order valence-corrected chi connectivity index (χ0v) is 12.2. The fourth-order valence-corrected chi connectivity index (χ4v) is 2.57. The van der Waals surface area contributed by atoms with Crippen LogP contribution >= 0.6 is 23.4 Å². The molecule has 18 heavy (non-hydrogen) atoms. The molecule has 0 fully saturated rings. The van der Waals surface area contributed by atoms with Crippen molar-refractivity contribution in [1.82, 2.24) is 9.97 Å². The Morgan fingerprint density at radius 2 is 1.83 bits per heavy atom. The van der Waals surface area contributed by atoms with E-state index in [1.807, 2.05) is 6.92 Å². The Kier molecular flexibility index (Phi) is 4.25. The van der Waals surface area contributed by atoms with E-state index in [9.17, 15) is 0 Å². The smallest absolute Gasteiger partial charge is 0.223 e. The lowest BCUT2D eigenvalue weighted by atomic mass is 10.0. The molecule has 2 aromatic rings. The molecule has 0 aliphatic carbocycles. The molecule has 94 valence electrons. The molecule has 0 unspecified atom stereocenters. The maximum Gasteiger partial charge on any atom is 0.223 e. The van der Waals surface area contributed by atoms with Crippen molar-refractivity contribution in [3.05, 3.63) is 46.9 Å². The standard InChI is InChI=1S/C14H15ClN2S/c1-9(2)11-4-6-12(7-5-11)18-13-10(3)8-16-14(15)17-13/h4-9H,1-3H3. The van der Waals surface area contributed by atoms with E-state index in [4.69, 9.17) is 11.6 Å². The zero-order valence-electron chi connectivity index (χ0n) is 10.6. The molecule has 0 bridgehead atoms. The van der Waals surface area contributed by atoms with E-state index in [2.05, 4.69) is 48.1 Å². The second-order valence-corrected chi connectivity index (χ2v) is 5.85. The van der Waals surface area contributed by atoms with E-state index in [0.717, 1.165) is 15.5 Å². The largest absolute Gasteiger partial charge is 0.226 e. The molecule has 0 saturated heterocycles. The number of benzene rings is 1. The van der Waals surface area contributed by atoms with Crippen LogP contribution in [0, 0.1) is 6.92 Å². The van der Waals surface area contributed by atoms with E-state index in [-0.39, 0.29) is 0 Å². The van der Waals surface area contributed by atoms with Crippen LogP contribution < -0.4 is 0 Å². The van der Waals surface area contributed by atoms with Crippen LogP contribution in [0.4, 0.5) is 0 Å². The zero-order chi connectivity index (χ0) is 13.1. The highest BCUT2D eigenvalue weighted by atomic mass is 35.5. The second kappa shape index (κ2) is 5.72. The molecule has 0 saturated carbocycles. The van der Waals surface area contributed by atoms with Gasteiger partial charge in [-0.25, -0.2) is 9.97 Å². The summed E-state index contributed by atoms with van der Waals surface area (Å²) in [6.07, 6.45) is 1.75. The Morgan fingerprint density at radius 1 is 1.17 bits per heavy atom. The quantitative estimate of drug-likeness (QED) is 0.600. The van der Waals surface area contributed by atoms with Gasteiger partial charge in [0, 0.05) is 16.7 Å². The number of aromatic nitrogens is 2. The van der Waals surface area contributed by atoms with Crippen LogP contribution in [-0.2, 0) is 0 Å². The van der Waals surface area contributed by atoms with Crippen LogP contribution in [0.5, 0.6) is 0 Å². The van der Waals surface area contributed by atoms with Crippen LogP contribution in [0.25, 0.3) is 0 Å². The van der Waals surface area contributed by atoms with Gasteiger partial charge < -0.3 is 0 Å². The van der Waals surface area contributed by atoms with Crippen molar-refractivity contribution in [2.75, 3.05) is 0 Å². The molecule has 1 heterocycles. The van der Waals surface area contributed by atoms with Gasteiger partial charge in [0.15, 0.2) is 0 Å². The maximum absolute atomic E-state index is 5.81. The molecular weight excluding hydrogens is 264 g/mol. The molecule has 4 heteroatoms. The van der Waals surface area contributed by atoms with Gasteiger partial charge in [0.2, 0.25) is 5.28 Å². The monoisotopic (exact) mass is 278 g/mol. The number of halogens is 1. The van der Waals surface area contributed by atoms with E-state index in [1.165, 1.54) is 5.56 Å². The molecule has 0 N–H and O–H groups in total. The van der Waals surface area contributed by atoms with Crippen molar-refractivity contribution < 1.29 is 0 Å². The van der Waals surface area contributed by atoms with Crippen LogP contribution in [0.1, 0.15) is 30.9 Å². The number of hydrogen-bond acceptors (Lipinski definition) is 3. The molecule has 1 aromatic heterocycles. The van der Waals surface area contributed by atoms with E-state index in [0.29, 0.717) is 11.2 Å². The van der Waals surface area contributed by atoms with Crippen molar-refractivity contribution in [3.8, 4) is 0 Å². The number of rotatable bonds is 3. The van der Waals surface area contributed by atoms with Gasteiger partial charge in [0.25, 0.3) is 0 Å². The summed E-state index contributed by atoms with van der Waals surface area (Å²) in [4.78, 5) is 9.37. The van der Waals surface area contributed by atoms with E-state index < -0.39 is 0 Å². The first-order valence-corrected chi connectivity index (χ1v) is 7.02. The summed E-state index contributed by atoms with van der Waals surface area (Å²) in [6, 6.07) is 8.56. The number of hydrogen-bond donors (Lipinski definition) is 0. The molecule has 0 amide bonds. The Hall–Kier alpha value is -1.06. The van der Waals surface area contributed by atoms with Crippen molar-refractivity contribution in [2.45, 2.75) is 36.6 Å². The molecule has 0 aliphatic rings. The first kappa shape index (κ1) is 13.4. The third kappa shape index (κ3) is 3.24. The van der Waals surface area contributed by atoms with E-state index in [1.54, 1.807) is 18.0 Å². The van der Waals surface area contributed by atoms with Crippen molar-refractivity contribution in [3.63, 3.8) is 0 Å². The SMILES string of the molecule is Cc1cnc(Cl)nc1Sc1ccc(C(C)C)cc1. The average molecular weight is 279 g/mol. The average Bonchev–Trinajstić information content (AvgIpc) is 2.34. The molecule has 1 aromatic carbocycles. The lowest BCUT2D eigenvalue weighted by Gasteiger charge is -2.07. The van der Waals surface area contributed by atoms with Crippen LogP contribution in [-0.4, -0.2) is 9.97 Å². The summed E-state index contributed by atoms with van der Waals surface area (Å²) < 4.78 is 0. The first-order valence-electron chi connectivity index (χ1n) is 5.83. The lowest BCUT2D eigenvalue weighted by molar-refractivity contribution is 0.865. The second-order valence-electron chi connectivity index (χ2n) is 4.45. The number of nitrogens with zero attached hydrogens (tertiary/aromatic N) is 2. The van der Waals surface area contributed by atoms with Gasteiger partial charge in [-0.05, 0) is 42.1 Å². The Labute approximate surface area is 117 Å². The van der Waals surface area contributed by atoms with Crippen LogP contribution in [0.2, 0.25) is 5.28 Å². The van der Waals surface area contributed by atoms with Gasteiger partial charge in [0.1, 0.15) is 5.03 Å². The topological polar surface area (TPSA) is 25.8 Å². The summed E-state index contributed by atoms with van der Waals surface area (Å²) in [5.74, 6) is 0.555. The van der Waals surface area contributed by atoms with Crippen molar-refractivity contribution in [1.29, 1.82) is 0 Å². The highest BCUT2D eigenvalue weighted by molar-refractivity contribution is 7.99. The summed E-state index contributed by atoms with van der Waals surface area (Å²) in [5.41, 5.74) is 2.38. The third-order valence-corrected chi connectivity index (χ3v) is 3.95. The lowest BCUT2D eigenvalue weighted by Crippen LogP contribution is -1.90. The summed E-state index contributed by atoms with van der Waals surface area (Å²) >= 11 is 7.43. The predicted octanol–water partition coefficient (Wildman–Crippen LogP) is 4.71. The molecule has 2 rings (SSSR count). The minimum atomic E-state index is 0.293. The van der Waals surface area contributed by atoms with Gasteiger partial charge in [0.05, 0.1) is 0 Å². The first-order chi connectivity index (χ1) is 8.56. The molecule has 0 atom stereocenters. The Bertz CT molecular complexity index is 538. The normalized spacial score (nSPS) is 10.9. The fraction of sp³-hybridized carbons (Fsp3) is 0.286. The molecule has 2 nitrogen and oxygen atoms in total. The number of aryl methyl sites for hydroxylation is 1. The van der Waals surface area contributed by atoms with Gasteiger partial charge in [-0.1, -0.05) is 37.7 Å². The summed E-state index contributed by atoms with van der Waals surface area (Å²) in [7, 11) is 0. The predicted molar refractivity (Wildman–Crippen MR) is 76.4 cm³/mol. The maximum atomic E-state index is 5.81. The molecule has 0 radical (unpaired) electrons. The summed E-state index contributed by atoms with van der Waals surface area (Å²) in [6.45, 7) is 6.37. The van der Waals surface area contributed by atoms with Gasteiger partial charge in [-0.15, -0.1) is 0 Å². The van der Waals surface area contributed by atoms with E-state index >= 15 is 0 Å². The minimum absolute atomic E-state index is 0.293. The minimum Gasteiger partial charge on any atom is -0.226 e. The molecule has 0 spiro atoms. The Morgan fingerprint density at radius 3 is 2.44 bits per heavy atom. The highest BCUT2D eigenvalue weighted by Gasteiger charge is 2.05.